The van der Waals surface area contributed by atoms with Crippen LogP contribution in [-0.2, 0) is 0 Å². The summed E-state index contributed by atoms with van der Waals surface area (Å²) in [7, 11) is 0. The molecule has 0 aromatic rings. The monoisotopic (exact) mass is 210 g/mol. The fourth-order valence-electron chi connectivity index (χ4n) is 1.20. The van der Waals surface area contributed by atoms with E-state index in [-0.39, 0.29) is 0 Å². The summed E-state index contributed by atoms with van der Waals surface area (Å²) in [4.78, 5) is 4.49. The maximum Gasteiger partial charge on any atom is 0.0415 e. The molecular formula is C13H26N2. The van der Waals surface area contributed by atoms with Crippen molar-refractivity contribution in [2.45, 2.75) is 47.5 Å². The van der Waals surface area contributed by atoms with Gasteiger partial charge in [-0.25, -0.2) is 0 Å². The summed E-state index contributed by atoms with van der Waals surface area (Å²) in [6, 6.07) is 0. The summed E-state index contributed by atoms with van der Waals surface area (Å²) in [5, 5.41) is 3.38. The highest BCUT2D eigenvalue weighted by Crippen LogP contribution is 1.95. The fraction of sp³-hybridized carbons (Fsp3) is 0.769. The molecule has 0 radical (unpaired) electrons. The Balaban J connectivity index is 3.93. The average molecular weight is 210 g/mol. The summed E-state index contributed by atoms with van der Waals surface area (Å²) >= 11 is 0. The maximum atomic E-state index is 4.49. The molecule has 0 saturated carbocycles. The lowest BCUT2D eigenvalue weighted by molar-refractivity contribution is 0.665. The molecule has 0 atom stereocenters. The van der Waals surface area contributed by atoms with Crippen molar-refractivity contribution in [2.75, 3.05) is 13.1 Å². The molecule has 2 nitrogen and oxygen atoms in total. The van der Waals surface area contributed by atoms with E-state index in [1.54, 1.807) is 0 Å². The molecule has 88 valence electrons. The molecule has 15 heavy (non-hydrogen) atoms. The lowest BCUT2D eigenvalue weighted by Gasteiger charge is -2.05. The van der Waals surface area contributed by atoms with Crippen LogP contribution in [0.2, 0.25) is 0 Å². The smallest absolute Gasteiger partial charge is 0.0415 e. The van der Waals surface area contributed by atoms with Crippen LogP contribution >= 0.6 is 0 Å². The van der Waals surface area contributed by atoms with Crippen LogP contribution in [0.1, 0.15) is 47.5 Å². The van der Waals surface area contributed by atoms with E-state index in [1.165, 1.54) is 18.5 Å². The minimum absolute atomic E-state index is 0.640. The second-order valence-electron chi connectivity index (χ2n) is 4.48. The van der Waals surface area contributed by atoms with E-state index >= 15 is 0 Å². The zero-order valence-electron chi connectivity index (χ0n) is 10.9. The Hall–Kier alpha value is -0.790. The fourth-order valence-corrected chi connectivity index (χ4v) is 1.20. The molecule has 0 spiro atoms. The van der Waals surface area contributed by atoms with Crippen LogP contribution in [0.5, 0.6) is 0 Å². The minimum atomic E-state index is 0.640. The molecule has 0 aromatic carbocycles. The molecule has 0 unspecified atom stereocenters. The second kappa shape index (κ2) is 8.51. The highest BCUT2D eigenvalue weighted by atomic mass is 14.9. The van der Waals surface area contributed by atoms with E-state index in [4.69, 9.17) is 0 Å². The van der Waals surface area contributed by atoms with E-state index in [0.29, 0.717) is 5.92 Å². The van der Waals surface area contributed by atoms with Gasteiger partial charge < -0.3 is 5.32 Å². The molecular weight excluding hydrogens is 184 g/mol. The number of allylic oxidation sites excluding steroid dienone is 2. The number of nitrogens with zero attached hydrogens (tertiary/aromatic N) is 1. The van der Waals surface area contributed by atoms with Crippen LogP contribution in [0.25, 0.3) is 0 Å². The quantitative estimate of drug-likeness (QED) is 0.505. The third kappa shape index (κ3) is 9.51. The molecule has 0 amide bonds. The van der Waals surface area contributed by atoms with E-state index in [1.807, 2.05) is 0 Å². The normalized spacial score (nSPS) is 13.5. The summed E-state index contributed by atoms with van der Waals surface area (Å²) in [5.74, 6) is 0.640. The minimum Gasteiger partial charge on any atom is -0.389 e. The summed E-state index contributed by atoms with van der Waals surface area (Å²) in [6.45, 7) is 12.7. The lowest BCUT2D eigenvalue weighted by Crippen LogP contribution is -2.13. The van der Waals surface area contributed by atoms with Gasteiger partial charge in [0, 0.05) is 24.5 Å². The number of nitrogens with one attached hydrogen (secondary N) is 1. The van der Waals surface area contributed by atoms with Gasteiger partial charge in [-0.3, -0.25) is 4.99 Å². The Morgan fingerprint density at radius 1 is 1.33 bits per heavy atom. The third-order valence-corrected chi connectivity index (χ3v) is 2.07. The predicted octanol–water partition coefficient (Wildman–Crippen LogP) is 3.40. The molecule has 0 bridgehead atoms. The average Bonchev–Trinajstić information content (AvgIpc) is 2.15. The standard InChI is InChI=1S/C13H26N2/c1-6-7-8-14-12(4)9-13(5)15-10-11(2)3/h9,11,14H,6-8,10H2,1-5H3/b12-9-,15-13-. The van der Waals surface area contributed by atoms with Gasteiger partial charge in [-0.1, -0.05) is 27.2 Å². The van der Waals surface area contributed by atoms with E-state index in [0.717, 1.165) is 18.8 Å². The van der Waals surface area contributed by atoms with Crippen LogP contribution in [0.15, 0.2) is 16.8 Å². The van der Waals surface area contributed by atoms with Crippen LogP contribution in [0.3, 0.4) is 0 Å². The van der Waals surface area contributed by atoms with Gasteiger partial charge in [-0.15, -0.1) is 0 Å². The first-order valence-electron chi connectivity index (χ1n) is 5.99. The highest BCUT2D eigenvalue weighted by Gasteiger charge is 1.92. The molecule has 2 heteroatoms. The maximum absolute atomic E-state index is 4.49. The number of rotatable bonds is 7. The number of unbranched alkanes of at least 4 members (excludes halogenated alkanes) is 1. The Morgan fingerprint density at radius 2 is 2.00 bits per heavy atom. The highest BCUT2D eigenvalue weighted by molar-refractivity contribution is 5.93. The van der Waals surface area contributed by atoms with Gasteiger partial charge in [-0.05, 0) is 32.3 Å². The zero-order chi connectivity index (χ0) is 11.7. The van der Waals surface area contributed by atoms with Crippen molar-refractivity contribution >= 4 is 5.71 Å². The number of aliphatic imine (C=N–C) groups is 1. The van der Waals surface area contributed by atoms with E-state index < -0.39 is 0 Å². The van der Waals surface area contributed by atoms with Crippen LogP contribution in [0, 0.1) is 5.92 Å². The van der Waals surface area contributed by atoms with Gasteiger partial charge in [0.25, 0.3) is 0 Å². The van der Waals surface area contributed by atoms with Crippen LogP contribution in [0.4, 0.5) is 0 Å². The molecule has 0 aliphatic rings. The number of hydrogen-bond donors (Lipinski definition) is 1. The van der Waals surface area contributed by atoms with Gasteiger partial charge in [-0.2, -0.15) is 0 Å². The largest absolute Gasteiger partial charge is 0.389 e. The first-order chi connectivity index (χ1) is 7.06. The van der Waals surface area contributed by atoms with Gasteiger partial charge in [0.2, 0.25) is 0 Å². The molecule has 0 saturated heterocycles. The molecule has 0 fully saturated rings. The summed E-state index contributed by atoms with van der Waals surface area (Å²) < 4.78 is 0. The molecule has 0 aliphatic carbocycles. The Bertz CT molecular complexity index is 215. The van der Waals surface area contributed by atoms with Crippen molar-refractivity contribution in [1.29, 1.82) is 0 Å². The first kappa shape index (κ1) is 14.2. The zero-order valence-corrected chi connectivity index (χ0v) is 10.9. The Kier molecular flexibility index (Phi) is 8.06. The first-order valence-corrected chi connectivity index (χ1v) is 5.99. The summed E-state index contributed by atoms with van der Waals surface area (Å²) in [6.07, 6.45) is 4.59. The summed E-state index contributed by atoms with van der Waals surface area (Å²) in [5.41, 5.74) is 2.33. The van der Waals surface area contributed by atoms with Gasteiger partial charge in [0.05, 0.1) is 0 Å². The molecule has 0 heterocycles. The SMILES string of the molecule is CCCCN/C(C)=C\C(C)=N/CC(C)C. The Labute approximate surface area is 94.9 Å². The molecule has 0 aromatic heterocycles. The Morgan fingerprint density at radius 3 is 2.53 bits per heavy atom. The lowest BCUT2D eigenvalue weighted by atomic mass is 10.2. The van der Waals surface area contributed by atoms with Gasteiger partial charge >= 0.3 is 0 Å². The van der Waals surface area contributed by atoms with Crippen molar-refractivity contribution in [2.24, 2.45) is 10.9 Å². The van der Waals surface area contributed by atoms with Crippen molar-refractivity contribution in [1.82, 2.24) is 5.32 Å². The van der Waals surface area contributed by atoms with Crippen molar-refractivity contribution in [3.8, 4) is 0 Å². The van der Waals surface area contributed by atoms with Crippen LogP contribution in [-0.4, -0.2) is 18.8 Å². The van der Waals surface area contributed by atoms with E-state index in [2.05, 4.69) is 51.0 Å². The van der Waals surface area contributed by atoms with Gasteiger partial charge in [0.15, 0.2) is 0 Å². The van der Waals surface area contributed by atoms with Crippen molar-refractivity contribution in [3.05, 3.63) is 11.8 Å². The topological polar surface area (TPSA) is 24.4 Å². The van der Waals surface area contributed by atoms with E-state index in [9.17, 15) is 0 Å². The molecule has 0 aliphatic heterocycles. The molecule has 0 rings (SSSR count). The molecule has 1 N–H and O–H groups in total. The van der Waals surface area contributed by atoms with Crippen molar-refractivity contribution < 1.29 is 0 Å². The van der Waals surface area contributed by atoms with Gasteiger partial charge in [0.1, 0.15) is 0 Å². The third-order valence-electron chi connectivity index (χ3n) is 2.07. The number of hydrogen-bond acceptors (Lipinski definition) is 2. The van der Waals surface area contributed by atoms with Crippen LogP contribution < -0.4 is 5.32 Å². The second-order valence-corrected chi connectivity index (χ2v) is 4.48. The van der Waals surface area contributed by atoms with Crippen molar-refractivity contribution in [3.63, 3.8) is 0 Å². The predicted molar refractivity (Wildman–Crippen MR) is 69.5 cm³/mol.